The molecule has 2 bridgehead atoms. The summed E-state index contributed by atoms with van der Waals surface area (Å²) in [5.41, 5.74) is 1.60. The molecule has 1 aromatic rings. The molecule has 1 amide bonds. The molecule has 0 saturated heterocycles. The summed E-state index contributed by atoms with van der Waals surface area (Å²) >= 11 is 3.38. The first kappa shape index (κ1) is 10.7. The number of aromatic nitrogens is 1. The van der Waals surface area contributed by atoms with Crippen LogP contribution >= 0.6 is 15.9 Å². The Bertz CT molecular complexity index is 585. The number of fused-ring (bicyclic) bond motifs is 1. The van der Waals surface area contributed by atoms with Crippen LogP contribution in [-0.4, -0.2) is 16.6 Å². The van der Waals surface area contributed by atoms with Crippen molar-refractivity contribution in [2.24, 2.45) is 16.4 Å². The average molecular weight is 306 g/mol. The highest BCUT2D eigenvalue weighted by Crippen LogP contribution is 2.56. The lowest BCUT2D eigenvalue weighted by Crippen LogP contribution is -2.36. The minimum Gasteiger partial charge on any atom is -0.271 e. The minimum atomic E-state index is -0.257. The Hall–Kier alpha value is -1.23. The van der Waals surface area contributed by atoms with E-state index in [1.807, 2.05) is 6.07 Å². The SMILES string of the molecule is O=C1N(c2cncc(Br)c2)N=C2CC3CCC12C3. The first-order chi connectivity index (χ1) is 8.69. The third-order valence-electron chi connectivity index (χ3n) is 4.41. The van der Waals surface area contributed by atoms with Crippen LogP contribution in [0.5, 0.6) is 0 Å². The number of rotatable bonds is 1. The fourth-order valence-electron chi connectivity index (χ4n) is 3.57. The summed E-state index contributed by atoms with van der Waals surface area (Å²) in [5.74, 6) is 0.841. The Morgan fingerprint density at radius 2 is 2.33 bits per heavy atom. The predicted molar refractivity (Wildman–Crippen MR) is 71.2 cm³/mol. The molecular formula is C13H12BrN3O. The summed E-state index contributed by atoms with van der Waals surface area (Å²) in [6, 6.07) is 1.89. The first-order valence-electron chi connectivity index (χ1n) is 6.22. The summed E-state index contributed by atoms with van der Waals surface area (Å²) in [5, 5.41) is 6.11. The number of nitrogens with zero attached hydrogens (tertiary/aromatic N) is 3. The molecule has 2 fully saturated rings. The molecule has 18 heavy (non-hydrogen) atoms. The second-order valence-corrected chi connectivity index (χ2v) is 6.34. The molecule has 2 aliphatic carbocycles. The van der Waals surface area contributed by atoms with E-state index in [1.54, 1.807) is 17.4 Å². The van der Waals surface area contributed by atoms with E-state index < -0.39 is 0 Å². The van der Waals surface area contributed by atoms with E-state index in [-0.39, 0.29) is 11.3 Å². The molecule has 2 heterocycles. The van der Waals surface area contributed by atoms with Crippen LogP contribution in [-0.2, 0) is 4.79 Å². The van der Waals surface area contributed by atoms with Crippen LogP contribution in [0.2, 0.25) is 0 Å². The Morgan fingerprint density at radius 1 is 1.44 bits per heavy atom. The fourth-order valence-corrected chi connectivity index (χ4v) is 3.92. The van der Waals surface area contributed by atoms with Crippen LogP contribution in [0, 0.1) is 11.3 Å². The van der Waals surface area contributed by atoms with Gasteiger partial charge in [-0.2, -0.15) is 10.1 Å². The van der Waals surface area contributed by atoms with E-state index in [0.29, 0.717) is 5.92 Å². The summed E-state index contributed by atoms with van der Waals surface area (Å²) in [6.07, 6.45) is 7.56. The van der Waals surface area contributed by atoms with Gasteiger partial charge in [-0.25, -0.2) is 0 Å². The third-order valence-corrected chi connectivity index (χ3v) is 4.84. The molecule has 0 N–H and O–H groups in total. The van der Waals surface area contributed by atoms with Gasteiger partial charge < -0.3 is 0 Å². The van der Waals surface area contributed by atoms with Crippen molar-refractivity contribution >= 4 is 33.2 Å². The van der Waals surface area contributed by atoms with E-state index >= 15 is 0 Å². The normalized spacial score (nSPS) is 32.9. The summed E-state index contributed by atoms with van der Waals surface area (Å²) in [7, 11) is 0. The second kappa shape index (κ2) is 3.41. The van der Waals surface area contributed by atoms with Crippen LogP contribution in [0.25, 0.3) is 0 Å². The molecule has 5 heteroatoms. The lowest BCUT2D eigenvalue weighted by atomic mass is 9.82. The number of amides is 1. The van der Waals surface area contributed by atoms with Crippen molar-refractivity contribution in [1.82, 2.24) is 4.98 Å². The van der Waals surface area contributed by atoms with Gasteiger partial charge in [0, 0.05) is 10.7 Å². The number of hydrogen-bond donors (Lipinski definition) is 0. The monoisotopic (exact) mass is 305 g/mol. The van der Waals surface area contributed by atoms with Gasteiger partial charge in [0.15, 0.2) is 0 Å². The van der Waals surface area contributed by atoms with Crippen molar-refractivity contribution in [3.8, 4) is 0 Å². The number of carbonyl (C=O) groups is 1. The molecule has 3 aliphatic rings. The van der Waals surface area contributed by atoms with E-state index in [1.165, 1.54) is 6.42 Å². The van der Waals surface area contributed by atoms with Gasteiger partial charge in [0.05, 0.1) is 23.0 Å². The van der Waals surface area contributed by atoms with Crippen LogP contribution in [0.1, 0.15) is 25.7 Å². The topological polar surface area (TPSA) is 45.6 Å². The number of halogens is 1. The standard InChI is InChI=1S/C13H12BrN3O/c14-9-4-10(7-15-6-9)17-12(18)13-2-1-8(5-13)3-11(13)16-17/h4,6-8H,1-3,5H2. The fraction of sp³-hybridized carbons (Fsp3) is 0.462. The van der Waals surface area contributed by atoms with E-state index in [0.717, 1.165) is 35.1 Å². The average Bonchev–Trinajstić information content (AvgIpc) is 3.00. The molecule has 0 aromatic carbocycles. The molecule has 0 radical (unpaired) electrons. The van der Waals surface area contributed by atoms with Gasteiger partial charge in [-0.1, -0.05) is 0 Å². The quantitative estimate of drug-likeness (QED) is 0.801. The molecule has 1 spiro atoms. The van der Waals surface area contributed by atoms with Crippen molar-refractivity contribution in [3.63, 3.8) is 0 Å². The zero-order valence-corrected chi connectivity index (χ0v) is 11.4. The molecule has 2 unspecified atom stereocenters. The van der Waals surface area contributed by atoms with E-state index in [9.17, 15) is 4.79 Å². The molecule has 1 aromatic heterocycles. The van der Waals surface area contributed by atoms with Crippen LogP contribution in [0.3, 0.4) is 0 Å². The predicted octanol–water partition coefficient (Wildman–Crippen LogP) is 2.74. The number of carbonyl (C=O) groups excluding carboxylic acids is 1. The number of hydrogen-bond acceptors (Lipinski definition) is 3. The summed E-state index contributed by atoms with van der Waals surface area (Å²) < 4.78 is 0.867. The highest BCUT2D eigenvalue weighted by atomic mass is 79.9. The lowest BCUT2D eigenvalue weighted by Gasteiger charge is -2.21. The van der Waals surface area contributed by atoms with Gasteiger partial charge >= 0.3 is 0 Å². The van der Waals surface area contributed by atoms with Gasteiger partial charge in [0.25, 0.3) is 5.91 Å². The van der Waals surface area contributed by atoms with Gasteiger partial charge in [0.2, 0.25) is 0 Å². The Balaban J connectivity index is 1.78. The molecule has 2 atom stereocenters. The van der Waals surface area contributed by atoms with Gasteiger partial charge in [0.1, 0.15) is 0 Å². The first-order valence-corrected chi connectivity index (χ1v) is 7.01. The zero-order chi connectivity index (χ0) is 12.3. The lowest BCUT2D eigenvalue weighted by molar-refractivity contribution is -0.123. The van der Waals surface area contributed by atoms with Gasteiger partial charge in [-0.15, -0.1) is 0 Å². The summed E-state index contributed by atoms with van der Waals surface area (Å²) in [6.45, 7) is 0. The van der Waals surface area contributed by atoms with Crippen molar-refractivity contribution in [2.75, 3.05) is 5.01 Å². The Morgan fingerprint density at radius 3 is 3.06 bits per heavy atom. The largest absolute Gasteiger partial charge is 0.271 e. The van der Waals surface area contributed by atoms with Crippen LogP contribution < -0.4 is 5.01 Å². The maximum absolute atomic E-state index is 12.6. The van der Waals surface area contributed by atoms with Crippen LogP contribution in [0.4, 0.5) is 5.69 Å². The van der Waals surface area contributed by atoms with Crippen LogP contribution in [0.15, 0.2) is 28.0 Å². The molecule has 92 valence electrons. The smallest absolute Gasteiger partial charge is 0.259 e. The maximum Gasteiger partial charge on any atom is 0.259 e. The van der Waals surface area contributed by atoms with Gasteiger partial charge in [-0.05, 0) is 53.6 Å². The number of pyridine rings is 1. The van der Waals surface area contributed by atoms with Crippen molar-refractivity contribution in [3.05, 3.63) is 22.9 Å². The molecule has 2 saturated carbocycles. The maximum atomic E-state index is 12.6. The second-order valence-electron chi connectivity index (χ2n) is 5.42. The minimum absolute atomic E-state index is 0.150. The zero-order valence-electron chi connectivity index (χ0n) is 9.77. The number of anilines is 1. The van der Waals surface area contributed by atoms with Crippen molar-refractivity contribution < 1.29 is 4.79 Å². The Labute approximate surface area is 113 Å². The molecule has 4 rings (SSSR count). The van der Waals surface area contributed by atoms with E-state index in [2.05, 4.69) is 26.0 Å². The molecular weight excluding hydrogens is 294 g/mol. The Kier molecular flexibility index (Phi) is 2.02. The van der Waals surface area contributed by atoms with Crippen molar-refractivity contribution in [1.29, 1.82) is 0 Å². The third kappa shape index (κ3) is 1.23. The van der Waals surface area contributed by atoms with Gasteiger partial charge in [-0.3, -0.25) is 9.78 Å². The molecule has 1 aliphatic heterocycles. The highest BCUT2D eigenvalue weighted by molar-refractivity contribution is 9.10. The number of hydrazone groups is 1. The molecule has 4 nitrogen and oxygen atoms in total. The highest BCUT2D eigenvalue weighted by Gasteiger charge is 2.60. The van der Waals surface area contributed by atoms with Crippen molar-refractivity contribution in [2.45, 2.75) is 25.7 Å². The van der Waals surface area contributed by atoms with E-state index in [4.69, 9.17) is 0 Å². The summed E-state index contributed by atoms with van der Waals surface area (Å²) in [4.78, 5) is 16.8.